The number of benzene rings is 3. The summed E-state index contributed by atoms with van der Waals surface area (Å²) in [6.45, 7) is 3.94. The van der Waals surface area contributed by atoms with Gasteiger partial charge in [0.2, 0.25) is 0 Å². The molecule has 0 saturated carbocycles. The molecule has 1 unspecified atom stereocenters. The third-order valence-corrected chi connectivity index (χ3v) is 6.25. The minimum absolute atomic E-state index is 0.0245. The highest BCUT2D eigenvalue weighted by Crippen LogP contribution is 2.32. The fourth-order valence-electron chi connectivity index (χ4n) is 4.40. The topological polar surface area (TPSA) is 59.8 Å². The molecule has 0 spiro atoms. The molecule has 0 bridgehead atoms. The summed E-state index contributed by atoms with van der Waals surface area (Å²) >= 11 is 0. The minimum atomic E-state index is -0.365. The second-order valence-electron chi connectivity index (χ2n) is 9.03. The van der Waals surface area contributed by atoms with Crippen molar-refractivity contribution < 1.29 is 9.18 Å². The van der Waals surface area contributed by atoms with E-state index in [0.717, 1.165) is 35.0 Å². The summed E-state index contributed by atoms with van der Waals surface area (Å²) in [7, 11) is 0. The molecule has 6 heteroatoms. The molecule has 2 aromatic heterocycles. The van der Waals surface area contributed by atoms with E-state index >= 15 is 0 Å². The molecule has 0 saturated heterocycles. The van der Waals surface area contributed by atoms with Crippen LogP contribution in [0.3, 0.4) is 0 Å². The number of pyridine rings is 1. The van der Waals surface area contributed by atoms with Crippen molar-refractivity contribution in [3.63, 3.8) is 0 Å². The molecule has 5 rings (SSSR count). The molecule has 1 atom stereocenters. The van der Waals surface area contributed by atoms with Gasteiger partial charge in [0.05, 0.1) is 11.1 Å². The average Bonchev–Trinajstić information content (AvgIpc) is 3.29. The largest absolute Gasteiger partial charge is 0.348 e. The zero-order valence-corrected chi connectivity index (χ0v) is 20.3. The lowest BCUT2D eigenvalue weighted by molar-refractivity contribution is 0.0933. The lowest BCUT2D eigenvalue weighted by atomic mass is 10.0. The van der Waals surface area contributed by atoms with Gasteiger partial charge in [-0.25, -0.2) is 14.1 Å². The summed E-state index contributed by atoms with van der Waals surface area (Å²) in [6, 6.07) is 28.0. The van der Waals surface area contributed by atoms with Crippen LogP contribution >= 0.6 is 0 Å². The van der Waals surface area contributed by atoms with Gasteiger partial charge >= 0.3 is 0 Å². The number of rotatable bonds is 7. The van der Waals surface area contributed by atoms with Crippen LogP contribution in [-0.4, -0.2) is 26.7 Å². The van der Waals surface area contributed by atoms with E-state index in [1.54, 1.807) is 22.9 Å². The van der Waals surface area contributed by atoms with E-state index < -0.39 is 0 Å². The van der Waals surface area contributed by atoms with Crippen molar-refractivity contribution >= 4 is 16.9 Å². The molecule has 2 heterocycles. The number of nitrogens with one attached hydrogen (secondary N) is 1. The molecule has 0 aliphatic carbocycles. The van der Waals surface area contributed by atoms with Crippen molar-refractivity contribution in [2.75, 3.05) is 0 Å². The maximum absolute atomic E-state index is 14.1. The van der Waals surface area contributed by atoms with Crippen molar-refractivity contribution in [2.24, 2.45) is 0 Å². The molecule has 180 valence electrons. The molecule has 5 nitrogen and oxygen atoms in total. The van der Waals surface area contributed by atoms with Crippen molar-refractivity contribution in [3.05, 3.63) is 114 Å². The maximum atomic E-state index is 14.1. The van der Waals surface area contributed by atoms with E-state index in [2.05, 4.69) is 17.4 Å². The van der Waals surface area contributed by atoms with Crippen LogP contribution in [0.15, 0.2) is 91.0 Å². The van der Waals surface area contributed by atoms with Crippen molar-refractivity contribution in [1.29, 1.82) is 0 Å². The second kappa shape index (κ2) is 10.1. The van der Waals surface area contributed by atoms with Crippen LogP contribution in [0.4, 0.5) is 4.39 Å². The summed E-state index contributed by atoms with van der Waals surface area (Å²) < 4.78 is 15.7. The quantitative estimate of drug-likeness (QED) is 0.299. The maximum Gasteiger partial charge on any atom is 0.270 e. The van der Waals surface area contributed by atoms with Crippen LogP contribution in [0.2, 0.25) is 0 Å². The van der Waals surface area contributed by atoms with E-state index in [4.69, 9.17) is 10.1 Å². The number of hydrogen-bond donors (Lipinski definition) is 1. The molecule has 1 amide bonds. The Hall–Kier alpha value is -4.32. The van der Waals surface area contributed by atoms with Crippen LogP contribution in [-0.2, 0) is 6.42 Å². The first-order chi connectivity index (χ1) is 17.5. The zero-order chi connectivity index (χ0) is 25.1. The van der Waals surface area contributed by atoms with Gasteiger partial charge in [-0.05, 0) is 62.1 Å². The van der Waals surface area contributed by atoms with Gasteiger partial charge < -0.3 is 5.32 Å². The van der Waals surface area contributed by atoms with Crippen LogP contribution in [0.25, 0.3) is 28.0 Å². The Kier molecular flexibility index (Phi) is 6.58. The Morgan fingerprint density at radius 1 is 0.972 bits per heavy atom. The summed E-state index contributed by atoms with van der Waals surface area (Å²) in [5.74, 6) is -0.607. The number of carbonyl (C=O) groups excluding carboxylic acids is 1. The Labute approximate surface area is 209 Å². The van der Waals surface area contributed by atoms with Crippen molar-refractivity contribution in [3.8, 4) is 16.9 Å². The van der Waals surface area contributed by atoms with E-state index in [0.29, 0.717) is 17.0 Å². The molecule has 1 N–H and O–H groups in total. The van der Waals surface area contributed by atoms with Crippen LogP contribution in [0, 0.1) is 12.7 Å². The molecule has 0 radical (unpaired) electrons. The molecular formula is C30H27FN4O. The predicted molar refractivity (Wildman–Crippen MR) is 141 cm³/mol. The highest BCUT2D eigenvalue weighted by atomic mass is 19.1. The SMILES string of the molecule is Cc1cc(C(=O)NC(C)CCc2ccccc2)nc2c1c(-c1ccccc1)nn2-c1cccc(F)c1. The Morgan fingerprint density at radius 2 is 1.69 bits per heavy atom. The van der Waals surface area contributed by atoms with Crippen LogP contribution in [0.1, 0.15) is 35.0 Å². The highest BCUT2D eigenvalue weighted by Gasteiger charge is 2.21. The molecule has 0 fully saturated rings. The first kappa shape index (κ1) is 23.4. The summed E-state index contributed by atoms with van der Waals surface area (Å²) in [5.41, 5.74) is 5.15. The normalized spacial score (nSPS) is 12.0. The van der Waals surface area contributed by atoms with Gasteiger partial charge in [0.25, 0.3) is 5.91 Å². The van der Waals surface area contributed by atoms with Crippen LogP contribution < -0.4 is 5.32 Å². The molecule has 5 aromatic rings. The van der Waals surface area contributed by atoms with Crippen molar-refractivity contribution in [1.82, 2.24) is 20.1 Å². The number of carbonyl (C=O) groups is 1. The van der Waals surface area contributed by atoms with Gasteiger partial charge in [0.15, 0.2) is 5.65 Å². The number of nitrogens with zero attached hydrogens (tertiary/aromatic N) is 3. The molecule has 0 aliphatic heterocycles. The monoisotopic (exact) mass is 478 g/mol. The van der Waals surface area contributed by atoms with Gasteiger partial charge in [-0.2, -0.15) is 5.10 Å². The third kappa shape index (κ3) is 4.89. The minimum Gasteiger partial charge on any atom is -0.348 e. The van der Waals surface area contributed by atoms with Gasteiger partial charge in [-0.1, -0.05) is 66.7 Å². The summed E-state index contributed by atoms with van der Waals surface area (Å²) in [5, 5.41) is 8.72. The van der Waals surface area contributed by atoms with E-state index in [9.17, 15) is 9.18 Å². The number of hydrogen-bond acceptors (Lipinski definition) is 3. The highest BCUT2D eigenvalue weighted by molar-refractivity contribution is 5.99. The smallest absolute Gasteiger partial charge is 0.270 e. The molecular weight excluding hydrogens is 451 g/mol. The standard InChI is InChI=1S/C30H27FN4O/c1-20-18-26(30(36)32-21(2)16-17-22-10-5-3-6-11-22)33-29-27(20)28(23-12-7-4-8-13-23)34-35(29)25-15-9-14-24(31)19-25/h3-15,18-19,21H,16-17H2,1-2H3,(H,32,36). The summed E-state index contributed by atoms with van der Waals surface area (Å²) in [4.78, 5) is 17.9. The van der Waals surface area contributed by atoms with Gasteiger partial charge in [-0.3, -0.25) is 4.79 Å². The van der Waals surface area contributed by atoms with Crippen molar-refractivity contribution in [2.45, 2.75) is 32.7 Å². The Bertz CT molecular complexity index is 1510. The van der Waals surface area contributed by atoms with E-state index in [-0.39, 0.29) is 17.8 Å². The number of aromatic nitrogens is 3. The van der Waals surface area contributed by atoms with Crippen LogP contribution in [0.5, 0.6) is 0 Å². The Balaban J connectivity index is 1.50. The van der Waals surface area contributed by atoms with E-state index in [1.165, 1.54) is 17.7 Å². The fraction of sp³-hybridized carbons (Fsp3) is 0.167. The molecule has 3 aromatic carbocycles. The summed E-state index contributed by atoms with van der Waals surface area (Å²) in [6.07, 6.45) is 1.69. The zero-order valence-electron chi connectivity index (χ0n) is 20.3. The Morgan fingerprint density at radius 3 is 2.42 bits per heavy atom. The first-order valence-corrected chi connectivity index (χ1v) is 12.1. The molecule has 0 aliphatic rings. The molecule has 36 heavy (non-hydrogen) atoms. The van der Waals surface area contributed by atoms with Gasteiger partial charge in [0, 0.05) is 11.6 Å². The number of aryl methyl sites for hydroxylation is 2. The number of halogens is 1. The average molecular weight is 479 g/mol. The number of fused-ring (bicyclic) bond motifs is 1. The predicted octanol–water partition coefficient (Wildman–Crippen LogP) is 6.29. The van der Waals surface area contributed by atoms with Gasteiger partial charge in [-0.15, -0.1) is 0 Å². The number of amides is 1. The van der Waals surface area contributed by atoms with Gasteiger partial charge in [0.1, 0.15) is 17.2 Å². The third-order valence-electron chi connectivity index (χ3n) is 6.25. The second-order valence-corrected chi connectivity index (χ2v) is 9.03. The lowest BCUT2D eigenvalue weighted by Crippen LogP contribution is -2.33. The van der Waals surface area contributed by atoms with E-state index in [1.807, 2.05) is 62.4 Å². The lowest BCUT2D eigenvalue weighted by Gasteiger charge is -2.14. The first-order valence-electron chi connectivity index (χ1n) is 12.1. The fourth-order valence-corrected chi connectivity index (χ4v) is 4.40.